The lowest BCUT2D eigenvalue weighted by molar-refractivity contribution is -0.138. The number of aliphatic carboxylic acids is 1. The Morgan fingerprint density at radius 1 is 1.59 bits per heavy atom. The number of benzene rings is 1. The molecule has 90 valence electrons. The molecular weight excluding hydrogens is 240 g/mol. The SMILES string of the molecule is Cn1cc(CC(N)C(=O)O)c2c(Cl)cccc21. The third-order valence-corrected chi connectivity index (χ3v) is 3.11. The van der Waals surface area contributed by atoms with Crippen LogP contribution in [-0.2, 0) is 18.3 Å². The second kappa shape index (κ2) is 4.39. The lowest BCUT2D eigenvalue weighted by Crippen LogP contribution is -2.32. The zero-order valence-corrected chi connectivity index (χ0v) is 10.1. The maximum absolute atomic E-state index is 10.8. The predicted molar refractivity (Wildman–Crippen MR) is 67.2 cm³/mol. The summed E-state index contributed by atoms with van der Waals surface area (Å²) in [5, 5.41) is 10.3. The molecule has 1 unspecified atom stereocenters. The molecule has 1 aromatic carbocycles. The summed E-state index contributed by atoms with van der Waals surface area (Å²) in [6.07, 6.45) is 2.15. The van der Waals surface area contributed by atoms with E-state index in [0.29, 0.717) is 5.02 Å². The van der Waals surface area contributed by atoms with Crippen molar-refractivity contribution in [2.24, 2.45) is 12.8 Å². The van der Waals surface area contributed by atoms with Crippen LogP contribution in [0.5, 0.6) is 0 Å². The number of nitrogens with two attached hydrogens (primary N) is 1. The van der Waals surface area contributed by atoms with E-state index < -0.39 is 12.0 Å². The number of fused-ring (bicyclic) bond motifs is 1. The molecule has 0 aliphatic rings. The van der Waals surface area contributed by atoms with Crippen LogP contribution in [0.15, 0.2) is 24.4 Å². The van der Waals surface area contributed by atoms with Gasteiger partial charge in [-0.2, -0.15) is 0 Å². The number of carboxylic acids is 1. The molecule has 0 amide bonds. The average molecular weight is 253 g/mol. The van der Waals surface area contributed by atoms with Crippen LogP contribution in [0.25, 0.3) is 10.9 Å². The Morgan fingerprint density at radius 2 is 2.29 bits per heavy atom. The van der Waals surface area contributed by atoms with Gasteiger partial charge in [0.15, 0.2) is 0 Å². The van der Waals surface area contributed by atoms with Gasteiger partial charge in [-0.3, -0.25) is 4.79 Å². The summed E-state index contributed by atoms with van der Waals surface area (Å²) < 4.78 is 1.92. The van der Waals surface area contributed by atoms with Gasteiger partial charge in [0.25, 0.3) is 0 Å². The van der Waals surface area contributed by atoms with Crippen molar-refractivity contribution in [1.82, 2.24) is 4.57 Å². The van der Waals surface area contributed by atoms with E-state index in [0.717, 1.165) is 16.5 Å². The first kappa shape index (κ1) is 12.0. The number of hydrogen-bond donors (Lipinski definition) is 2. The van der Waals surface area contributed by atoms with Gasteiger partial charge in [0.05, 0.1) is 5.02 Å². The number of hydrogen-bond acceptors (Lipinski definition) is 2. The molecule has 0 radical (unpaired) electrons. The van der Waals surface area contributed by atoms with E-state index in [4.69, 9.17) is 22.4 Å². The molecule has 1 atom stereocenters. The summed E-state index contributed by atoms with van der Waals surface area (Å²) >= 11 is 6.14. The molecule has 0 aliphatic carbocycles. The predicted octanol–water partition coefficient (Wildman–Crippen LogP) is 1.79. The second-order valence-electron chi connectivity index (χ2n) is 4.05. The summed E-state index contributed by atoms with van der Waals surface area (Å²) in [4.78, 5) is 10.8. The molecule has 0 saturated carbocycles. The fourth-order valence-electron chi connectivity index (χ4n) is 1.97. The van der Waals surface area contributed by atoms with Crippen molar-refractivity contribution in [3.63, 3.8) is 0 Å². The van der Waals surface area contributed by atoms with Crippen molar-refractivity contribution in [3.8, 4) is 0 Å². The molecule has 4 nitrogen and oxygen atoms in total. The zero-order valence-electron chi connectivity index (χ0n) is 9.35. The number of rotatable bonds is 3. The van der Waals surface area contributed by atoms with Gasteiger partial charge in [-0.15, -0.1) is 0 Å². The van der Waals surface area contributed by atoms with E-state index in [1.54, 1.807) is 6.07 Å². The number of halogens is 1. The van der Waals surface area contributed by atoms with Crippen LogP contribution in [-0.4, -0.2) is 21.7 Å². The van der Waals surface area contributed by atoms with Crippen molar-refractivity contribution in [3.05, 3.63) is 35.0 Å². The fraction of sp³-hybridized carbons (Fsp3) is 0.250. The minimum Gasteiger partial charge on any atom is -0.480 e. The molecule has 0 aliphatic heterocycles. The number of aromatic nitrogens is 1. The Balaban J connectivity index is 2.51. The molecule has 1 heterocycles. The lowest BCUT2D eigenvalue weighted by Gasteiger charge is -2.05. The molecule has 3 N–H and O–H groups in total. The summed E-state index contributed by atoms with van der Waals surface area (Å²) in [5.41, 5.74) is 7.39. The first-order chi connectivity index (χ1) is 8.00. The van der Waals surface area contributed by atoms with Gasteiger partial charge in [-0.05, 0) is 17.7 Å². The van der Waals surface area contributed by atoms with E-state index in [1.807, 2.05) is 29.9 Å². The monoisotopic (exact) mass is 252 g/mol. The van der Waals surface area contributed by atoms with Crippen molar-refractivity contribution in [2.75, 3.05) is 0 Å². The normalized spacial score (nSPS) is 12.9. The minimum atomic E-state index is -1.01. The van der Waals surface area contributed by atoms with Gasteiger partial charge in [0.1, 0.15) is 6.04 Å². The highest BCUT2D eigenvalue weighted by Gasteiger charge is 2.17. The molecule has 0 spiro atoms. The Bertz CT molecular complexity index is 577. The third kappa shape index (κ3) is 2.14. The topological polar surface area (TPSA) is 68.2 Å². The number of carboxylic acid groups (broad SMARTS) is 1. The van der Waals surface area contributed by atoms with Gasteiger partial charge >= 0.3 is 5.97 Å². The average Bonchev–Trinajstić information content (AvgIpc) is 2.57. The molecule has 17 heavy (non-hydrogen) atoms. The fourth-order valence-corrected chi connectivity index (χ4v) is 2.26. The van der Waals surface area contributed by atoms with Crippen molar-refractivity contribution in [2.45, 2.75) is 12.5 Å². The van der Waals surface area contributed by atoms with E-state index in [1.165, 1.54) is 0 Å². The number of aryl methyl sites for hydroxylation is 1. The van der Waals surface area contributed by atoms with Crippen LogP contribution >= 0.6 is 11.6 Å². The summed E-state index contributed by atoms with van der Waals surface area (Å²) in [6, 6.07) is 4.69. The Labute approximate surface area is 104 Å². The maximum Gasteiger partial charge on any atom is 0.320 e. The maximum atomic E-state index is 10.8. The first-order valence-corrected chi connectivity index (χ1v) is 5.59. The van der Waals surface area contributed by atoms with Crippen molar-refractivity contribution < 1.29 is 9.90 Å². The first-order valence-electron chi connectivity index (χ1n) is 5.21. The third-order valence-electron chi connectivity index (χ3n) is 2.80. The van der Waals surface area contributed by atoms with Gasteiger partial charge in [-0.25, -0.2) is 0 Å². The summed E-state index contributed by atoms with van der Waals surface area (Å²) in [6.45, 7) is 0. The number of carbonyl (C=O) groups is 1. The van der Waals surface area contributed by atoms with Crippen LogP contribution in [0, 0.1) is 0 Å². The van der Waals surface area contributed by atoms with E-state index in [-0.39, 0.29) is 6.42 Å². The highest BCUT2D eigenvalue weighted by atomic mass is 35.5. The molecule has 2 aromatic rings. The minimum absolute atomic E-state index is 0.274. The van der Waals surface area contributed by atoms with Crippen LogP contribution in [0.1, 0.15) is 5.56 Å². The Hall–Kier alpha value is -1.52. The molecule has 0 bridgehead atoms. The lowest BCUT2D eigenvalue weighted by atomic mass is 10.1. The molecule has 0 saturated heterocycles. The van der Waals surface area contributed by atoms with Crippen molar-refractivity contribution in [1.29, 1.82) is 0 Å². The highest BCUT2D eigenvalue weighted by molar-refractivity contribution is 6.35. The van der Waals surface area contributed by atoms with Crippen LogP contribution in [0.3, 0.4) is 0 Å². The largest absolute Gasteiger partial charge is 0.480 e. The standard InChI is InChI=1S/C12H13ClN2O2/c1-15-6-7(5-9(14)12(16)17)11-8(13)3-2-4-10(11)15/h2-4,6,9H,5,14H2,1H3,(H,16,17). The smallest absolute Gasteiger partial charge is 0.320 e. The van der Waals surface area contributed by atoms with Crippen LogP contribution in [0.4, 0.5) is 0 Å². The Morgan fingerprint density at radius 3 is 2.94 bits per heavy atom. The highest BCUT2D eigenvalue weighted by Crippen LogP contribution is 2.28. The van der Waals surface area contributed by atoms with E-state index >= 15 is 0 Å². The van der Waals surface area contributed by atoms with Crippen molar-refractivity contribution >= 4 is 28.5 Å². The van der Waals surface area contributed by atoms with Gasteiger partial charge in [0, 0.05) is 30.6 Å². The molecular formula is C12H13ClN2O2. The molecule has 0 fully saturated rings. The van der Waals surface area contributed by atoms with E-state index in [2.05, 4.69) is 0 Å². The molecule has 5 heteroatoms. The number of nitrogens with zero attached hydrogens (tertiary/aromatic N) is 1. The van der Waals surface area contributed by atoms with Crippen LogP contribution < -0.4 is 5.73 Å². The second-order valence-corrected chi connectivity index (χ2v) is 4.46. The Kier molecular flexibility index (Phi) is 3.09. The van der Waals surface area contributed by atoms with Gasteiger partial charge in [0.2, 0.25) is 0 Å². The van der Waals surface area contributed by atoms with E-state index in [9.17, 15) is 4.79 Å². The van der Waals surface area contributed by atoms with Crippen LogP contribution in [0.2, 0.25) is 5.02 Å². The summed E-state index contributed by atoms with van der Waals surface area (Å²) in [7, 11) is 1.90. The zero-order chi connectivity index (χ0) is 12.6. The quantitative estimate of drug-likeness (QED) is 0.875. The van der Waals surface area contributed by atoms with Gasteiger partial charge < -0.3 is 15.4 Å². The summed E-state index contributed by atoms with van der Waals surface area (Å²) in [5.74, 6) is -1.01. The molecule has 2 rings (SSSR count). The van der Waals surface area contributed by atoms with Gasteiger partial charge in [-0.1, -0.05) is 17.7 Å². The molecule has 1 aromatic heterocycles.